The minimum atomic E-state index is -4.12. The number of quaternary nitrogens is 1. The summed E-state index contributed by atoms with van der Waals surface area (Å²) in [7, 11) is 1.86. The lowest BCUT2D eigenvalue weighted by Gasteiger charge is -2.27. The maximum absolute atomic E-state index is 11.6. The van der Waals surface area contributed by atoms with E-state index in [-0.39, 0.29) is 13.2 Å². The second-order valence-electron chi connectivity index (χ2n) is 8.19. The largest absolute Gasteiger partial charge is 0.756 e. The summed E-state index contributed by atoms with van der Waals surface area (Å²) in [5.74, 6) is 0.970. The van der Waals surface area contributed by atoms with Crippen LogP contribution in [0.1, 0.15) is 70.6 Å². The van der Waals surface area contributed by atoms with Crippen molar-refractivity contribution >= 4 is 7.82 Å². The van der Waals surface area contributed by atoms with Gasteiger partial charge in [-0.15, -0.1) is 0 Å². The number of hydrogen-bond acceptors (Lipinski definition) is 4. The van der Waals surface area contributed by atoms with Crippen molar-refractivity contribution in [2.75, 3.05) is 40.9 Å². The van der Waals surface area contributed by atoms with Gasteiger partial charge in [-0.1, -0.05) is 64.2 Å². The van der Waals surface area contributed by atoms with E-state index in [4.69, 9.17) is 9.05 Å². The van der Waals surface area contributed by atoms with Crippen molar-refractivity contribution in [2.45, 2.75) is 70.6 Å². The van der Waals surface area contributed by atoms with Crippen LogP contribution in [0.4, 0.5) is 0 Å². The highest BCUT2D eigenvalue weighted by molar-refractivity contribution is 7.45. The molecule has 0 saturated heterocycles. The quantitative estimate of drug-likeness (QED) is 0.281. The Kier molecular flexibility index (Phi) is 10.7. The standard InChI is InChI=1S/C18H38NO4P/c1-19(2,3)15-17-23-24(20,21)22-16-11-6-4-5-8-12-18-13-9-7-10-14-18/h18H,4-17H2,1-3H3. The molecule has 1 aliphatic rings. The Morgan fingerprint density at radius 1 is 0.917 bits per heavy atom. The van der Waals surface area contributed by atoms with E-state index in [1.165, 1.54) is 57.8 Å². The van der Waals surface area contributed by atoms with Gasteiger partial charge in [0.2, 0.25) is 0 Å². The minimum absolute atomic E-state index is 0.172. The predicted octanol–water partition coefficient (Wildman–Crippen LogP) is 4.12. The van der Waals surface area contributed by atoms with Crippen molar-refractivity contribution in [3.63, 3.8) is 0 Å². The Morgan fingerprint density at radius 2 is 1.50 bits per heavy atom. The second-order valence-corrected chi connectivity index (χ2v) is 9.60. The van der Waals surface area contributed by atoms with Crippen molar-refractivity contribution < 1.29 is 23.0 Å². The molecule has 0 aromatic carbocycles. The van der Waals surface area contributed by atoms with E-state index in [2.05, 4.69) is 0 Å². The molecule has 1 fully saturated rings. The van der Waals surface area contributed by atoms with E-state index in [1.54, 1.807) is 0 Å². The highest BCUT2D eigenvalue weighted by atomic mass is 31.2. The van der Waals surface area contributed by atoms with Crippen LogP contribution in [-0.2, 0) is 13.6 Å². The van der Waals surface area contributed by atoms with Crippen LogP contribution in [0.25, 0.3) is 0 Å². The zero-order chi connectivity index (χ0) is 17.9. The molecule has 1 rings (SSSR count). The summed E-state index contributed by atoms with van der Waals surface area (Å²) in [5.41, 5.74) is 0. The molecule has 0 bridgehead atoms. The van der Waals surface area contributed by atoms with E-state index in [1.807, 2.05) is 21.1 Å². The highest BCUT2D eigenvalue weighted by Gasteiger charge is 2.13. The highest BCUT2D eigenvalue weighted by Crippen LogP contribution is 2.38. The first kappa shape index (κ1) is 22.1. The lowest BCUT2D eigenvalue weighted by Crippen LogP contribution is -2.37. The number of unbranched alkanes of at least 4 members (excludes halogenated alkanes) is 4. The van der Waals surface area contributed by atoms with E-state index in [0.717, 1.165) is 18.8 Å². The first-order valence-corrected chi connectivity index (χ1v) is 11.2. The van der Waals surface area contributed by atoms with Crippen molar-refractivity contribution in [1.29, 1.82) is 0 Å². The second kappa shape index (κ2) is 11.6. The van der Waals surface area contributed by atoms with Crippen LogP contribution in [0.15, 0.2) is 0 Å². The lowest BCUT2D eigenvalue weighted by atomic mass is 9.85. The van der Waals surface area contributed by atoms with Gasteiger partial charge in [-0.25, -0.2) is 0 Å². The third-order valence-electron chi connectivity index (χ3n) is 4.74. The molecule has 1 aliphatic carbocycles. The topological polar surface area (TPSA) is 58.6 Å². The van der Waals surface area contributed by atoms with Crippen molar-refractivity contribution in [3.8, 4) is 0 Å². The molecular weight excluding hydrogens is 325 g/mol. The molecule has 0 N–H and O–H groups in total. The number of phosphoric acid groups is 1. The van der Waals surface area contributed by atoms with Crippen LogP contribution in [0.5, 0.6) is 0 Å². The van der Waals surface area contributed by atoms with Gasteiger partial charge in [-0.2, -0.15) is 0 Å². The predicted molar refractivity (Wildman–Crippen MR) is 96.7 cm³/mol. The Morgan fingerprint density at radius 3 is 2.17 bits per heavy atom. The Bertz CT molecular complexity index is 365. The van der Waals surface area contributed by atoms with Gasteiger partial charge < -0.3 is 18.4 Å². The Balaban J connectivity index is 1.92. The first-order valence-electron chi connectivity index (χ1n) is 9.69. The number of phosphoric ester groups is 1. The summed E-state index contributed by atoms with van der Waals surface area (Å²) in [5, 5.41) is 0. The molecule has 1 unspecified atom stereocenters. The van der Waals surface area contributed by atoms with Crippen LogP contribution in [0, 0.1) is 5.92 Å². The molecule has 0 aliphatic heterocycles. The molecule has 0 spiro atoms. The van der Waals surface area contributed by atoms with Gasteiger partial charge in [0.05, 0.1) is 27.7 Å². The van der Waals surface area contributed by atoms with Crippen molar-refractivity contribution in [3.05, 3.63) is 0 Å². The minimum Gasteiger partial charge on any atom is -0.756 e. The molecular formula is C18H38NO4P. The van der Waals surface area contributed by atoms with Crippen molar-refractivity contribution in [1.82, 2.24) is 0 Å². The lowest BCUT2D eigenvalue weighted by molar-refractivity contribution is -0.870. The van der Waals surface area contributed by atoms with Crippen LogP contribution < -0.4 is 4.89 Å². The smallest absolute Gasteiger partial charge is 0.268 e. The van der Waals surface area contributed by atoms with Gasteiger partial charge in [0, 0.05) is 0 Å². The molecule has 0 radical (unpaired) electrons. The third-order valence-corrected chi connectivity index (χ3v) is 5.74. The fourth-order valence-electron chi connectivity index (χ4n) is 3.18. The molecule has 0 heterocycles. The van der Waals surface area contributed by atoms with Gasteiger partial charge in [-0.05, 0) is 12.3 Å². The average Bonchev–Trinajstić information content (AvgIpc) is 2.49. The van der Waals surface area contributed by atoms with Crippen LogP contribution in [-0.4, -0.2) is 45.4 Å². The van der Waals surface area contributed by atoms with E-state index in [0.29, 0.717) is 11.0 Å². The fourth-order valence-corrected chi connectivity index (χ4v) is 3.91. The number of likely N-dealkylation sites (N-methyl/N-ethyl adjacent to an activating group) is 1. The van der Waals surface area contributed by atoms with Gasteiger partial charge in [0.1, 0.15) is 13.2 Å². The molecule has 6 heteroatoms. The van der Waals surface area contributed by atoms with Crippen molar-refractivity contribution in [2.24, 2.45) is 5.92 Å². The molecule has 5 nitrogen and oxygen atoms in total. The SMILES string of the molecule is C[N+](C)(C)CCOP(=O)([O-])OCCCCCCCC1CCCCC1. The zero-order valence-electron chi connectivity index (χ0n) is 16.0. The summed E-state index contributed by atoms with van der Waals surface area (Å²) >= 11 is 0. The Labute approximate surface area is 148 Å². The van der Waals surface area contributed by atoms with Crippen LogP contribution >= 0.6 is 7.82 Å². The molecule has 1 atom stereocenters. The third kappa shape index (κ3) is 12.4. The number of rotatable bonds is 13. The number of hydrogen-bond donors (Lipinski definition) is 0. The van der Waals surface area contributed by atoms with Gasteiger partial charge >= 0.3 is 0 Å². The van der Waals surface area contributed by atoms with Gasteiger partial charge in [0.25, 0.3) is 7.82 Å². The molecule has 0 aromatic rings. The summed E-state index contributed by atoms with van der Waals surface area (Å²) in [6.07, 6.45) is 14.1. The first-order chi connectivity index (χ1) is 11.3. The normalized spacial score (nSPS) is 19.3. The summed E-state index contributed by atoms with van der Waals surface area (Å²) in [6, 6.07) is 0. The van der Waals surface area contributed by atoms with Crippen LogP contribution in [0.2, 0.25) is 0 Å². The number of nitrogens with zero attached hydrogens (tertiary/aromatic N) is 1. The van der Waals surface area contributed by atoms with E-state index in [9.17, 15) is 9.46 Å². The van der Waals surface area contributed by atoms with E-state index >= 15 is 0 Å². The van der Waals surface area contributed by atoms with Gasteiger partial charge in [-0.3, -0.25) is 4.57 Å². The molecule has 144 valence electrons. The molecule has 1 saturated carbocycles. The summed E-state index contributed by atoms with van der Waals surface area (Å²) in [4.78, 5) is 11.6. The maximum Gasteiger partial charge on any atom is 0.268 e. The summed E-state index contributed by atoms with van der Waals surface area (Å²) in [6.45, 7) is 1.05. The fraction of sp³-hybridized carbons (Fsp3) is 1.00. The molecule has 24 heavy (non-hydrogen) atoms. The average molecular weight is 363 g/mol. The maximum atomic E-state index is 11.6. The zero-order valence-corrected chi connectivity index (χ0v) is 16.9. The monoisotopic (exact) mass is 363 g/mol. The molecule has 0 aromatic heterocycles. The molecule has 0 amide bonds. The Hall–Kier alpha value is 0.0700. The van der Waals surface area contributed by atoms with Crippen LogP contribution in [0.3, 0.4) is 0 Å². The summed E-state index contributed by atoms with van der Waals surface area (Å²) < 4.78 is 22.1. The van der Waals surface area contributed by atoms with E-state index < -0.39 is 7.82 Å². The van der Waals surface area contributed by atoms with Gasteiger partial charge in [0.15, 0.2) is 0 Å².